The molecule has 0 aromatic heterocycles. The van der Waals surface area contributed by atoms with E-state index in [4.69, 9.17) is 21.7 Å². The second-order valence-corrected chi connectivity index (χ2v) is 7.01. The summed E-state index contributed by atoms with van der Waals surface area (Å²) in [5, 5.41) is 0. The smallest absolute Gasteiger partial charge is 0.270 e. The van der Waals surface area contributed by atoms with Crippen molar-refractivity contribution in [3.05, 3.63) is 58.8 Å². The molecule has 26 heavy (non-hydrogen) atoms. The zero-order valence-electron chi connectivity index (χ0n) is 14.2. The summed E-state index contributed by atoms with van der Waals surface area (Å²) in [5.74, 6) is 0.637. The summed E-state index contributed by atoms with van der Waals surface area (Å²) in [6.07, 6.45) is 1.75. The predicted octanol–water partition coefficient (Wildman–Crippen LogP) is 4.64. The number of amides is 1. The molecule has 3 rings (SSSR count). The van der Waals surface area contributed by atoms with Gasteiger partial charge in [0.15, 0.2) is 15.8 Å². The van der Waals surface area contributed by atoms with Crippen LogP contribution >= 0.6 is 24.0 Å². The van der Waals surface area contributed by atoms with E-state index in [0.29, 0.717) is 33.0 Å². The SMILES string of the molecule is CCOc1cc(/C=C2\SC(=S)N(c3ccc(F)cc3)C2=O)ccc1OC. The minimum Gasteiger partial charge on any atom is -0.493 e. The molecule has 1 fully saturated rings. The second-order valence-electron chi connectivity index (χ2n) is 5.34. The van der Waals surface area contributed by atoms with Crippen molar-refractivity contribution in [1.82, 2.24) is 0 Å². The van der Waals surface area contributed by atoms with Crippen LogP contribution in [0.3, 0.4) is 0 Å². The van der Waals surface area contributed by atoms with Crippen molar-refractivity contribution in [2.75, 3.05) is 18.6 Å². The first-order valence-corrected chi connectivity index (χ1v) is 9.10. The third-order valence-electron chi connectivity index (χ3n) is 3.66. The zero-order chi connectivity index (χ0) is 18.7. The van der Waals surface area contributed by atoms with E-state index < -0.39 is 0 Å². The normalized spacial score (nSPS) is 15.7. The molecular weight excluding hydrogens is 373 g/mol. The average Bonchev–Trinajstić information content (AvgIpc) is 2.90. The van der Waals surface area contributed by atoms with Crippen LogP contribution in [-0.2, 0) is 4.79 Å². The van der Waals surface area contributed by atoms with Gasteiger partial charge in [-0.25, -0.2) is 4.39 Å². The number of nitrogens with zero attached hydrogens (tertiary/aromatic N) is 1. The van der Waals surface area contributed by atoms with Crippen LogP contribution < -0.4 is 14.4 Å². The van der Waals surface area contributed by atoms with Gasteiger partial charge in [0, 0.05) is 0 Å². The van der Waals surface area contributed by atoms with Gasteiger partial charge in [0.2, 0.25) is 0 Å². The molecule has 1 aliphatic rings. The Morgan fingerprint density at radius 2 is 1.92 bits per heavy atom. The number of benzene rings is 2. The Balaban J connectivity index is 1.90. The van der Waals surface area contributed by atoms with Crippen LogP contribution in [0.2, 0.25) is 0 Å². The van der Waals surface area contributed by atoms with Crippen molar-refractivity contribution in [3.63, 3.8) is 0 Å². The van der Waals surface area contributed by atoms with Gasteiger partial charge in [-0.15, -0.1) is 0 Å². The Hall–Kier alpha value is -2.38. The third-order valence-corrected chi connectivity index (χ3v) is 4.97. The number of thiocarbonyl (C=S) groups is 1. The van der Waals surface area contributed by atoms with Crippen LogP contribution in [0.25, 0.3) is 6.08 Å². The number of halogens is 1. The Kier molecular flexibility index (Phi) is 5.58. The maximum Gasteiger partial charge on any atom is 0.270 e. The van der Waals surface area contributed by atoms with Crippen LogP contribution in [0.5, 0.6) is 11.5 Å². The first kappa shape index (κ1) is 18.4. The molecular formula is C19H16FNO3S2. The molecule has 0 N–H and O–H groups in total. The summed E-state index contributed by atoms with van der Waals surface area (Å²) in [6, 6.07) is 11.1. The van der Waals surface area contributed by atoms with Crippen molar-refractivity contribution in [2.24, 2.45) is 0 Å². The second kappa shape index (κ2) is 7.88. The van der Waals surface area contributed by atoms with E-state index in [1.165, 1.54) is 40.9 Å². The number of methoxy groups -OCH3 is 1. The summed E-state index contributed by atoms with van der Waals surface area (Å²) in [6.45, 7) is 2.40. The van der Waals surface area contributed by atoms with Gasteiger partial charge in [-0.3, -0.25) is 9.69 Å². The molecule has 2 aromatic carbocycles. The lowest BCUT2D eigenvalue weighted by atomic mass is 10.2. The van der Waals surface area contributed by atoms with Gasteiger partial charge in [-0.05, 0) is 55.0 Å². The van der Waals surface area contributed by atoms with Crippen LogP contribution in [0.4, 0.5) is 10.1 Å². The molecule has 0 atom stereocenters. The Morgan fingerprint density at radius 3 is 2.58 bits per heavy atom. The molecule has 0 spiro atoms. The van der Waals surface area contributed by atoms with Gasteiger partial charge in [0.25, 0.3) is 5.91 Å². The van der Waals surface area contributed by atoms with Crippen molar-refractivity contribution >= 4 is 46.0 Å². The van der Waals surface area contributed by atoms with E-state index >= 15 is 0 Å². The molecule has 134 valence electrons. The van der Waals surface area contributed by atoms with Crippen molar-refractivity contribution in [2.45, 2.75) is 6.92 Å². The average molecular weight is 389 g/mol. The minimum absolute atomic E-state index is 0.236. The van der Waals surface area contributed by atoms with E-state index in [1.54, 1.807) is 19.3 Å². The van der Waals surface area contributed by atoms with Crippen LogP contribution in [0, 0.1) is 5.82 Å². The maximum atomic E-state index is 13.1. The van der Waals surface area contributed by atoms with E-state index in [2.05, 4.69) is 0 Å². The lowest BCUT2D eigenvalue weighted by molar-refractivity contribution is -0.113. The highest BCUT2D eigenvalue weighted by atomic mass is 32.2. The van der Waals surface area contributed by atoms with E-state index in [-0.39, 0.29) is 11.7 Å². The first-order valence-electron chi connectivity index (χ1n) is 7.88. The molecule has 0 bridgehead atoms. The molecule has 0 radical (unpaired) electrons. The van der Waals surface area contributed by atoms with Gasteiger partial charge in [0.05, 0.1) is 24.3 Å². The Morgan fingerprint density at radius 1 is 1.19 bits per heavy atom. The van der Waals surface area contributed by atoms with Gasteiger partial charge < -0.3 is 9.47 Å². The fraction of sp³-hybridized carbons (Fsp3) is 0.158. The fourth-order valence-corrected chi connectivity index (χ4v) is 3.78. The minimum atomic E-state index is -0.364. The monoisotopic (exact) mass is 389 g/mol. The molecule has 1 heterocycles. The summed E-state index contributed by atoms with van der Waals surface area (Å²) >= 11 is 6.53. The van der Waals surface area contributed by atoms with Crippen LogP contribution in [-0.4, -0.2) is 23.9 Å². The Bertz CT molecular complexity index is 881. The largest absolute Gasteiger partial charge is 0.493 e. The fourth-order valence-electron chi connectivity index (χ4n) is 2.48. The summed E-state index contributed by atoms with van der Waals surface area (Å²) < 4.78 is 24.4. The standard InChI is InChI=1S/C19H16FNO3S2/c1-3-24-16-10-12(4-9-15(16)23-2)11-17-18(22)21(19(25)26-17)14-7-5-13(20)6-8-14/h4-11H,3H2,1-2H3/b17-11-. The summed E-state index contributed by atoms with van der Waals surface area (Å²) in [4.78, 5) is 14.6. The molecule has 2 aromatic rings. The molecule has 0 saturated carbocycles. The number of hydrogen-bond acceptors (Lipinski definition) is 5. The molecule has 7 heteroatoms. The number of carbonyl (C=O) groups is 1. The molecule has 0 unspecified atom stereocenters. The zero-order valence-corrected chi connectivity index (χ0v) is 15.8. The number of rotatable bonds is 5. The molecule has 1 saturated heterocycles. The third kappa shape index (κ3) is 3.73. The molecule has 1 aliphatic heterocycles. The van der Waals surface area contributed by atoms with Crippen molar-refractivity contribution in [3.8, 4) is 11.5 Å². The molecule has 1 amide bonds. The van der Waals surface area contributed by atoms with E-state index in [0.717, 1.165) is 5.56 Å². The van der Waals surface area contributed by atoms with Crippen LogP contribution in [0.1, 0.15) is 12.5 Å². The molecule has 0 aliphatic carbocycles. The predicted molar refractivity (Wildman–Crippen MR) is 106 cm³/mol. The number of ether oxygens (including phenoxy) is 2. The number of anilines is 1. The number of hydrogen-bond donors (Lipinski definition) is 0. The topological polar surface area (TPSA) is 38.8 Å². The molecule has 4 nitrogen and oxygen atoms in total. The highest BCUT2D eigenvalue weighted by Crippen LogP contribution is 2.37. The van der Waals surface area contributed by atoms with E-state index in [1.807, 2.05) is 19.1 Å². The highest BCUT2D eigenvalue weighted by molar-refractivity contribution is 8.27. The first-order chi connectivity index (χ1) is 12.5. The summed E-state index contributed by atoms with van der Waals surface area (Å²) in [7, 11) is 1.57. The van der Waals surface area contributed by atoms with Gasteiger partial charge in [-0.2, -0.15) is 0 Å². The maximum absolute atomic E-state index is 13.1. The Labute approximate surface area is 160 Å². The van der Waals surface area contributed by atoms with Crippen molar-refractivity contribution in [1.29, 1.82) is 0 Å². The lowest BCUT2D eigenvalue weighted by Gasteiger charge is -2.14. The van der Waals surface area contributed by atoms with Gasteiger partial charge in [-0.1, -0.05) is 30.0 Å². The van der Waals surface area contributed by atoms with Crippen molar-refractivity contribution < 1.29 is 18.7 Å². The van der Waals surface area contributed by atoms with Gasteiger partial charge >= 0.3 is 0 Å². The number of thioether (sulfide) groups is 1. The number of carbonyl (C=O) groups excluding carboxylic acids is 1. The van der Waals surface area contributed by atoms with Crippen LogP contribution in [0.15, 0.2) is 47.4 Å². The van der Waals surface area contributed by atoms with E-state index in [9.17, 15) is 9.18 Å². The quantitative estimate of drug-likeness (QED) is 0.550. The lowest BCUT2D eigenvalue weighted by Crippen LogP contribution is -2.27. The summed E-state index contributed by atoms with van der Waals surface area (Å²) in [5.41, 5.74) is 1.34. The highest BCUT2D eigenvalue weighted by Gasteiger charge is 2.33. The van der Waals surface area contributed by atoms with Gasteiger partial charge in [0.1, 0.15) is 5.82 Å².